The highest BCUT2D eigenvalue weighted by Crippen LogP contribution is 2.23. The summed E-state index contributed by atoms with van der Waals surface area (Å²) < 4.78 is 4.79. The maximum atomic E-state index is 11.5. The largest absolute Gasteiger partial charge is 0.462 e. The minimum atomic E-state index is -0.652. The van der Waals surface area contributed by atoms with Gasteiger partial charge in [-0.15, -0.1) is 0 Å². The van der Waals surface area contributed by atoms with Crippen LogP contribution in [0.2, 0.25) is 0 Å². The smallest absolute Gasteiger partial charge is 0.338 e. The molecule has 0 aromatic heterocycles. The third-order valence-corrected chi connectivity index (χ3v) is 2.16. The van der Waals surface area contributed by atoms with E-state index in [1.54, 1.807) is 19.9 Å². The predicted octanol–water partition coefficient (Wildman–Crippen LogP) is 1.95. The van der Waals surface area contributed by atoms with Gasteiger partial charge >= 0.3 is 5.97 Å². The molecule has 0 spiro atoms. The first-order valence-corrected chi connectivity index (χ1v) is 4.87. The van der Waals surface area contributed by atoms with Crippen LogP contribution in [0.5, 0.6) is 0 Å². The second-order valence-corrected chi connectivity index (χ2v) is 3.27. The van der Waals surface area contributed by atoms with Crippen LogP contribution in [-0.4, -0.2) is 17.5 Å². The monoisotopic (exact) mass is 234 g/mol. The molecule has 0 N–H and O–H groups in total. The molecule has 0 atom stereocenters. The van der Waals surface area contributed by atoms with Crippen LogP contribution in [0.15, 0.2) is 12.1 Å². The van der Waals surface area contributed by atoms with Gasteiger partial charge in [-0.05, 0) is 25.5 Å². The van der Waals surface area contributed by atoms with E-state index in [-0.39, 0.29) is 23.4 Å². The number of benzene rings is 1. The number of hydrogen-bond donors (Lipinski definition) is 0. The molecule has 1 rings (SSSR count). The molecule has 0 bridgehead atoms. The summed E-state index contributed by atoms with van der Waals surface area (Å²) in [7, 11) is 0. The lowest BCUT2D eigenvalue weighted by molar-refractivity contribution is -0.385. The summed E-state index contributed by atoms with van der Waals surface area (Å²) >= 11 is 0. The zero-order valence-corrected chi connectivity index (χ0v) is 9.39. The van der Waals surface area contributed by atoms with Crippen LogP contribution in [-0.2, 0) is 4.74 Å². The van der Waals surface area contributed by atoms with Crippen LogP contribution in [0.4, 0.5) is 5.69 Å². The summed E-state index contributed by atoms with van der Waals surface area (Å²) in [4.78, 5) is 21.5. The van der Waals surface area contributed by atoms with Gasteiger partial charge in [-0.1, -0.05) is 0 Å². The Morgan fingerprint density at radius 2 is 2.24 bits per heavy atom. The lowest BCUT2D eigenvalue weighted by Crippen LogP contribution is -2.08. The zero-order chi connectivity index (χ0) is 13.0. The van der Waals surface area contributed by atoms with E-state index < -0.39 is 10.9 Å². The first kappa shape index (κ1) is 12.6. The number of esters is 1. The Bertz CT molecular complexity index is 517. The second-order valence-electron chi connectivity index (χ2n) is 3.27. The van der Waals surface area contributed by atoms with Crippen molar-refractivity contribution in [3.8, 4) is 6.07 Å². The molecule has 0 saturated carbocycles. The highest BCUT2D eigenvalue weighted by Gasteiger charge is 2.20. The SMILES string of the molecule is CCOC(=O)c1cc(C#N)c([N+](=O)[O-])cc1C. The standard InChI is InChI=1S/C11H10N2O4/c1-3-17-11(14)9-5-8(6-12)10(13(15)16)4-7(9)2/h4-5H,3H2,1-2H3. The summed E-state index contributed by atoms with van der Waals surface area (Å²) in [5.41, 5.74) is 0.129. The Hall–Kier alpha value is -2.42. The molecule has 0 unspecified atom stereocenters. The summed E-state index contributed by atoms with van der Waals surface area (Å²) in [5.74, 6) is -0.587. The number of carbonyl (C=O) groups is 1. The molecule has 0 aliphatic rings. The Morgan fingerprint density at radius 3 is 2.71 bits per heavy atom. The van der Waals surface area contributed by atoms with Crippen LogP contribution in [0.25, 0.3) is 0 Å². The van der Waals surface area contributed by atoms with Crippen molar-refractivity contribution in [2.75, 3.05) is 6.61 Å². The maximum absolute atomic E-state index is 11.5. The van der Waals surface area contributed by atoms with Gasteiger partial charge in [0.05, 0.1) is 17.1 Å². The van der Waals surface area contributed by atoms with E-state index in [1.165, 1.54) is 12.1 Å². The quantitative estimate of drug-likeness (QED) is 0.452. The predicted molar refractivity (Wildman–Crippen MR) is 58.5 cm³/mol. The van der Waals surface area contributed by atoms with Gasteiger partial charge in [0.25, 0.3) is 5.69 Å². The summed E-state index contributed by atoms with van der Waals surface area (Å²) in [6.45, 7) is 3.42. The lowest BCUT2D eigenvalue weighted by atomic mass is 10.0. The molecule has 0 aliphatic heterocycles. The molecular weight excluding hydrogens is 224 g/mol. The van der Waals surface area contributed by atoms with Crippen LogP contribution in [0, 0.1) is 28.4 Å². The summed E-state index contributed by atoms with van der Waals surface area (Å²) in [5, 5.41) is 19.5. The van der Waals surface area contributed by atoms with Gasteiger partial charge < -0.3 is 4.74 Å². The Kier molecular flexibility index (Phi) is 3.78. The fourth-order valence-corrected chi connectivity index (χ4v) is 1.36. The van der Waals surface area contributed by atoms with Gasteiger partial charge in [0, 0.05) is 6.07 Å². The van der Waals surface area contributed by atoms with Crippen molar-refractivity contribution >= 4 is 11.7 Å². The molecule has 1 aromatic carbocycles. The zero-order valence-electron chi connectivity index (χ0n) is 9.39. The van der Waals surface area contributed by atoms with Crippen molar-refractivity contribution in [2.45, 2.75) is 13.8 Å². The third-order valence-electron chi connectivity index (χ3n) is 2.16. The molecule has 6 nitrogen and oxygen atoms in total. The van der Waals surface area contributed by atoms with Crippen LogP contribution >= 0.6 is 0 Å². The number of ether oxygens (including phenoxy) is 1. The molecule has 0 saturated heterocycles. The Balaban J connectivity index is 3.33. The topological polar surface area (TPSA) is 93.2 Å². The van der Waals surface area contributed by atoms with E-state index in [2.05, 4.69) is 0 Å². The van der Waals surface area contributed by atoms with E-state index in [9.17, 15) is 14.9 Å². The molecule has 1 aromatic rings. The van der Waals surface area contributed by atoms with Crippen LogP contribution in [0.3, 0.4) is 0 Å². The fourth-order valence-electron chi connectivity index (χ4n) is 1.36. The summed E-state index contributed by atoms with van der Waals surface area (Å²) in [6, 6.07) is 4.08. The van der Waals surface area contributed by atoms with Crippen molar-refractivity contribution in [3.63, 3.8) is 0 Å². The Morgan fingerprint density at radius 1 is 1.59 bits per heavy atom. The first-order valence-electron chi connectivity index (χ1n) is 4.87. The van der Waals surface area contributed by atoms with Gasteiger partial charge in [0.2, 0.25) is 0 Å². The number of rotatable bonds is 3. The molecule has 6 heteroatoms. The lowest BCUT2D eigenvalue weighted by Gasteiger charge is -2.05. The van der Waals surface area contributed by atoms with Crippen molar-refractivity contribution in [2.24, 2.45) is 0 Å². The maximum Gasteiger partial charge on any atom is 0.338 e. The molecule has 88 valence electrons. The minimum Gasteiger partial charge on any atom is -0.462 e. The molecule has 0 amide bonds. The van der Waals surface area contributed by atoms with Gasteiger partial charge in [-0.25, -0.2) is 4.79 Å². The highest BCUT2D eigenvalue weighted by atomic mass is 16.6. The van der Waals surface area contributed by atoms with E-state index in [1.807, 2.05) is 0 Å². The number of nitro groups is 1. The van der Waals surface area contributed by atoms with Crippen molar-refractivity contribution in [3.05, 3.63) is 38.9 Å². The van der Waals surface area contributed by atoms with Gasteiger partial charge in [-0.3, -0.25) is 10.1 Å². The van der Waals surface area contributed by atoms with Gasteiger partial charge in [0.1, 0.15) is 11.6 Å². The van der Waals surface area contributed by atoms with Crippen molar-refractivity contribution in [1.82, 2.24) is 0 Å². The number of nitrogens with zero attached hydrogens (tertiary/aromatic N) is 2. The van der Waals surface area contributed by atoms with E-state index in [0.717, 1.165) is 0 Å². The number of aryl methyl sites for hydroxylation is 1. The molecule has 0 radical (unpaired) electrons. The van der Waals surface area contributed by atoms with E-state index >= 15 is 0 Å². The van der Waals surface area contributed by atoms with Gasteiger partial charge in [0.15, 0.2) is 0 Å². The summed E-state index contributed by atoms with van der Waals surface area (Å²) in [6.07, 6.45) is 0. The molecule has 0 fully saturated rings. The van der Waals surface area contributed by atoms with Crippen molar-refractivity contribution < 1.29 is 14.5 Å². The van der Waals surface area contributed by atoms with Crippen LogP contribution in [0.1, 0.15) is 28.4 Å². The average molecular weight is 234 g/mol. The normalized spacial score (nSPS) is 9.47. The number of nitriles is 1. The molecule has 0 heterocycles. The van der Waals surface area contributed by atoms with E-state index in [4.69, 9.17) is 10.00 Å². The number of carbonyl (C=O) groups excluding carboxylic acids is 1. The van der Waals surface area contributed by atoms with Gasteiger partial charge in [-0.2, -0.15) is 5.26 Å². The molecule has 17 heavy (non-hydrogen) atoms. The van der Waals surface area contributed by atoms with Crippen molar-refractivity contribution in [1.29, 1.82) is 5.26 Å². The van der Waals surface area contributed by atoms with E-state index in [0.29, 0.717) is 5.56 Å². The number of nitro benzene ring substituents is 1. The minimum absolute atomic E-state index is 0.149. The van der Waals surface area contributed by atoms with Crippen LogP contribution < -0.4 is 0 Å². The molecule has 0 aliphatic carbocycles. The first-order chi connectivity index (χ1) is 8.01. The fraction of sp³-hybridized carbons (Fsp3) is 0.273. The molecular formula is C11H10N2O4. The average Bonchev–Trinajstić information content (AvgIpc) is 2.28. The number of hydrogen-bond acceptors (Lipinski definition) is 5. The Labute approximate surface area is 97.6 Å². The third kappa shape index (κ3) is 2.58. The second kappa shape index (κ2) is 5.07. The highest BCUT2D eigenvalue weighted by molar-refractivity contribution is 5.92.